The topological polar surface area (TPSA) is 348 Å². The largest absolute Gasteiger partial charge is 0.465 e. The molecule has 0 unspecified atom stereocenters. The lowest BCUT2D eigenvalue weighted by molar-refractivity contribution is 0.0599. The van der Waals surface area contributed by atoms with Gasteiger partial charge in [0.1, 0.15) is 0 Å². The predicted octanol–water partition coefficient (Wildman–Crippen LogP) is 16.2. The molecule has 0 aliphatic heterocycles. The number of ether oxygens (including phenoxy) is 1. The number of benzene rings is 10. The highest BCUT2D eigenvalue weighted by Crippen LogP contribution is 2.25. The fourth-order valence-corrected chi connectivity index (χ4v) is 10.5. The van der Waals surface area contributed by atoms with E-state index in [9.17, 15) is 24.0 Å². The molecule has 0 fully saturated rings. The Morgan fingerprint density at radius 1 is 0.475 bits per heavy atom. The number of anilines is 9. The van der Waals surface area contributed by atoms with Crippen LogP contribution in [0.25, 0.3) is 33.9 Å². The Kier molecular flexibility index (Phi) is 43.1. The second-order valence-electron chi connectivity index (χ2n) is 25.4. The number of nitrogens with zero attached hydrogens (tertiary/aromatic N) is 8. The summed E-state index contributed by atoms with van der Waals surface area (Å²) in [6.07, 6.45) is 0.852. The minimum atomic E-state index is -0.350. The molecular weight excluding hydrogens is 1510 g/mol. The molecule has 2 aromatic heterocycles. The number of methoxy groups -OCH3 is 1. The second kappa shape index (κ2) is 52.9. The van der Waals surface area contributed by atoms with Crippen molar-refractivity contribution in [1.29, 1.82) is 5.26 Å². The highest BCUT2D eigenvalue weighted by atomic mass is 35.5. The van der Waals surface area contributed by atoms with Crippen LogP contribution < -0.4 is 63.8 Å². The van der Waals surface area contributed by atoms with Crippen LogP contribution in [0.4, 0.5) is 51.5 Å². The number of halogens is 1. The van der Waals surface area contributed by atoms with Crippen molar-refractivity contribution in [3.63, 3.8) is 0 Å². The molecule has 10 aromatic carbocycles. The summed E-state index contributed by atoms with van der Waals surface area (Å²) in [5.41, 5.74) is 18.6. The second-order valence-corrected chi connectivity index (χ2v) is 25.8. The molecule has 0 spiro atoms. The zero-order valence-corrected chi connectivity index (χ0v) is 71.4. The number of esters is 1. The van der Waals surface area contributed by atoms with E-state index in [1.54, 1.807) is 98.4 Å². The van der Waals surface area contributed by atoms with Crippen LogP contribution in [0.15, 0.2) is 241 Å². The molecule has 118 heavy (non-hydrogen) atoms. The quantitative estimate of drug-likeness (QED) is 0.0335. The number of hydrogen-bond acceptors (Lipinski definition) is 22. The number of carbonyl (C=O) groups is 5. The van der Waals surface area contributed by atoms with Crippen LogP contribution in [0.3, 0.4) is 0 Å². The summed E-state index contributed by atoms with van der Waals surface area (Å²) < 4.78 is 11.2. The number of nitriles is 1. The summed E-state index contributed by atoms with van der Waals surface area (Å²) in [4.78, 5) is 62.4. The first kappa shape index (κ1) is 96.1. The molecule has 12 aromatic rings. The van der Waals surface area contributed by atoms with Crippen molar-refractivity contribution in [1.82, 2.24) is 51.2 Å². The molecule has 620 valence electrons. The van der Waals surface area contributed by atoms with Gasteiger partial charge >= 0.3 is 12.0 Å². The zero-order valence-electron chi connectivity index (χ0n) is 70.6. The molecule has 0 bridgehead atoms. The van der Waals surface area contributed by atoms with Gasteiger partial charge in [0.25, 0.3) is 23.6 Å². The van der Waals surface area contributed by atoms with Crippen molar-refractivity contribution in [2.75, 3.05) is 147 Å². The van der Waals surface area contributed by atoms with E-state index in [4.69, 9.17) is 21.4 Å². The SMILES string of the molecule is CCc1cc(Cl)cc(C(=O)OC)c1.CNC(=O)c1cccc(NC)c1.CNC(=O)c1cccc(NC)c1.CNC(=O)c1cccc(NC)c1.CNc1cc(C)cc(-c2nnnn2C)c1.CNc1cccc(-c2ccccc2)c1.CNc1cccc(-c2noc(NC)n2)c1.CNc1cccc(C#N)c1.CNc1cccc(C(=O)N(C)C(C)C)c1. The lowest BCUT2D eigenvalue weighted by Crippen LogP contribution is -2.32. The number of aryl methyl sites for hydroxylation is 3. The fourth-order valence-electron chi connectivity index (χ4n) is 10.2. The van der Waals surface area contributed by atoms with E-state index in [0.29, 0.717) is 44.7 Å². The Labute approximate surface area is 698 Å². The summed E-state index contributed by atoms with van der Waals surface area (Å²) in [6.45, 7) is 8.06. The van der Waals surface area contributed by atoms with E-state index in [1.165, 1.54) is 23.8 Å². The summed E-state index contributed by atoms with van der Waals surface area (Å²) >= 11 is 5.82. The number of hydrogen-bond donors (Lipinski definition) is 12. The molecule has 12 N–H and O–H groups in total. The standard InChI is InChI=1S/C13H13N.C12H18N2O.C10H11ClO2.C10H13N5.C10H12N4O.3C9H12N2O.C8H8N2/c1-14-13-9-5-8-12(10-13)11-6-3-2-4-7-11;1-9(2)14(4)12(15)10-6-5-7-11(8-10)13-3;1-3-7-4-8(10(12)13-2)6-9(11)5-7;1-7-4-8(6-9(5-7)11-2)10-12-13-14-15(10)3;1-11-8-5-3-4-7(6-8)9-13-10(12-2)15-14-9;3*1-10-8-5-3-4-7(6-8)9(12)11-2;1-10-8-4-2-3-7(5-8)6-9/h2-10,14H,1H3;5-9,13H,1-4H3;4-6H,3H2,1-2H3;4-6,11H,1-3H3;3-6,11H,1-2H3,(H,12,13,14);3*3-6,10H,1-2H3,(H,11,12);2-5,10H,1H3. The maximum atomic E-state index is 12.0. The van der Waals surface area contributed by atoms with Crippen molar-refractivity contribution in [3.8, 4) is 40.0 Å². The van der Waals surface area contributed by atoms with Gasteiger partial charge in [0.15, 0.2) is 5.82 Å². The van der Waals surface area contributed by atoms with Crippen molar-refractivity contribution in [3.05, 3.63) is 286 Å². The normalized spacial score (nSPS) is 9.63. The van der Waals surface area contributed by atoms with Gasteiger partial charge in [0.05, 0.1) is 24.3 Å². The Morgan fingerprint density at radius 3 is 1.31 bits per heavy atom. The van der Waals surface area contributed by atoms with Gasteiger partial charge in [-0.3, -0.25) is 19.2 Å². The summed E-state index contributed by atoms with van der Waals surface area (Å²) in [7, 11) is 26.4. The summed E-state index contributed by atoms with van der Waals surface area (Å²) in [6, 6.07) is 77.6. The van der Waals surface area contributed by atoms with E-state index in [0.717, 1.165) is 80.0 Å². The van der Waals surface area contributed by atoms with Gasteiger partial charge in [-0.15, -0.1) is 5.10 Å². The molecule has 0 aliphatic rings. The Morgan fingerprint density at radius 2 is 0.890 bits per heavy atom. The number of amides is 4. The van der Waals surface area contributed by atoms with Crippen LogP contribution in [0.2, 0.25) is 5.02 Å². The van der Waals surface area contributed by atoms with Crippen molar-refractivity contribution < 1.29 is 33.2 Å². The minimum Gasteiger partial charge on any atom is -0.465 e. The van der Waals surface area contributed by atoms with Crippen LogP contribution in [0.5, 0.6) is 0 Å². The predicted molar refractivity (Wildman–Crippen MR) is 483 cm³/mol. The lowest BCUT2D eigenvalue weighted by Gasteiger charge is -2.21. The first-order valence-electron chi connectivity index (χ1n) is 37.6. The molecular formula is C90H111ClN20O7. The molecule has 0 saturated heterocycles. The maximum absolute atomic E-state index is 12.0. The third-order valence-corrected chi connectivity index (χ3v) is 17.3. The van der Waals surface area contributed by atoms with Gasteiger partial charge in [-0.1, -0.05) is 109 Å². The van der Waals surface area contributed by atoms with E-state index < -0.39 is 0 Å². The lowest BCUT2D eigenvalue weighted by atomic mass is 10.1. The third-order valence-electron chi connectivity index (χ3n) is 17.0. The zero-order chi connectivity index (χ0) is 86.9. The Bertz CT molecular complexity index is 4970. The first-order valence-corrected chi connectivity index (χ1v) is 38.0. The van der Waals surface area contributed by atoms with Crippen molar-refractivity contribution in [2.24, 2.45) is 7.05 Å². The highest BCUT2D eigenvalue weighted by molar-refractivity contribution is 6.31. The van der Waals surface area contributed by atoms with Crippen molar-refractivity contribution in [2.45, 2.75) is 40.2 Å². The maximum Gasteiger partial charge on any atom is 0.337 e. The number of nitrogens with one attached hydrogen (secondary N) is 12. The average molecular weight is 1620 g/mol. The van der Waals surface area contributed by atoms with Crippen LogP contribution in [0.1, 0.15) is 89.3 Å². The van der Waals surface area contributed by atoms with E-state index in [1.807, 2.05) is 213 Å². The van der Waals surface area contributed by atoms with Gasteiger partial charge in [-0.05, 0) is 212 Å². The Hall–Kier alpha value is -14.3. The molecule has 2 heterocycles. The van der Waals surface area contributed by atoms with Gasteiger partial charge < -0.3 is 78.0 Å². The minimum absolute atomic E-state index is 0.0575. The van der Waals surface area contributed by atoms with E-state index in [2.05, 4.69) is 161 Å². The van der Waals surface area contributed by atoms with Gasteiger partial charge in [0.2, 0.25) is 5.82 Å². The van der Waals surface area contributed by atoms with Crippen LogP contribution in [-0.4, -0.2) is 170 Å². The smallest absolute Gasteiger partial charge is 0.337 e. The van der Waals surface area contributed by atoms with Gasteiger partial charge in [0, 0.05) is 189 Å². The monoisotopic (exact) mass is 1620 g/mol. The van der Waals surface area contributed by atoms with Crippen LogP contribution in [0, 0.1) is 18.3 Å². The average Bonchev–Trinajstić information content (AvgIpc) is 1.65. The number of tetrazole rings is 1. The molecule has 0 saturated carbocycles. The van der Waals surface area contributed by atoms with E-state index >= 15 is 0 Å². The van der Waals surface area contributed by atoms with E-state index in [-0.39, 0.29) is 35.6 Å². The number of rotatable bonds is 19. The molecule has 4 amide bonds. The molecule has 28 heteroatoms. The van der Waals surface area contributed by atoms with Gasteiger partial charge in [-0.25, -0.2) is 9.48 Å². The number of aromatic nitrogens is 6. The van der Waals surface area contributed by atoms with Crippen LogP contribution in [-0.2, 0) is 18.2 Å². The Balaban J connectivity index is 0.000000280. The van der Waals surface area contributed by atoms with Crippen LogP contribution >= 0.6 is 11.6 Å². The molecule has 0 radical (unpaired) electrons. The molecule has 0 aliphatic carbocycles. The molecule has 12 rings (SSSR count). The summed E-state index contributed by atoms with van der Waals surface area (Å²) in [5.74, 6) is 0.872. The fraction of sp³-hybridized carbons (Fsp3) is 0.233. The third kappa shape index (κ3) is 33.1. The van der Waals surface area contributed by atoms with Gasteiger partial charge in [-0.2, -0.15) is 10.2 Å². The summed E-state index contributed by atoms with van der Waals surface area (Å²) in [5, 5.41) is 59.0. The molecule has 0 atom stereocenters. The highest BCUT2D eigenvalue weighted by Gasteiger charge is 2.15. The number of carbonyl (C=O) groups excluding carboxylic acids is 5. The molecule has 27 nitrogen and oxygen atoms in total. The first-order chi connectivity index (χ1) is 56.8. The van der Waals surface area contributed by atoms with Crippen molar-refractivity contribution >= 4 is 92.7 Å².